The largest absolute Gasteiger partial charge is 0.451 e. The van der Waals surface area contributed by atoms with Crippen molar-refractivity contribution in [2.24, 2.45) is 5.73 Å². The first kappa shape index (κ1) is 23.3. The third-order valence-electron chi connectivity index (χ3n) is 3.77. The lowest BCUT2D eigenvalue weighted by molar-refractivity contribution is -0.134. The molecule has 0 heterocycles. The van der Waals surface area contributed by atoms with Crippen LogP contribution in [0.3, 0.4) is 0 Å². The molecule has 0 rings (SSSR count). The van der Waals surface area contributed by atoms with Crippen molar-refractivity contribution >= 4 is 16.4 Å². The quantitative estimate of drug-likeness (QED) is 0.393. The zero-order valence-electron chi connectivity index (χ0n) is 15.1. The average molecular weight is 366 g/mol. The Labute approximate surface area is 147 Å². The maximum Gasteiger partial charge on any atom is 0.451 e. The molecule has 0 atom stereocenters. The fourth-order valence-electron chi connectivity index (χ4n) is 2.40. The maximum absolute atomic E-state index is 11.3. The molecule has 0 aromatic carbocycles. The monoisotopic (exact) mass is 365 g/mol. The molecule has 0 amide bonds. The molecule has 0 aliphatic carbocycles. The molecule has 24 heavy (non-hydrogen) atoms. The summed E-state index contributed by atoms with van der Waals surface area (Å²) in [6, 6.07) is 0. The van der Waals surface area contributed by atoms with Gasteiger partial charge in [0.25, 0.3) is 0 Å². The topological polar surface area (TPSA) is 95.7 Å². The lowest BCUT2D eigenvalue weighted by atomic mass is 10.1. The van der Waals surface area contributed by atoms with Crippen LogP contribution in [0.15, 0.2) is 0 Å². The molecule has 144 valence electrons. The number of hydrogen-bond donors (Lipinski definition) is 1. The average Bonchev–Trinajstić information content (AvgIpc) is 2.51. The molecule has 0 fully saturated rings. The molecular weight excluding hydrogens is 330 g/mol. The third-order valence-corrected chi connectivity index (χ3v) is 4.61. The fraction of sp³-hybridized carbons (Fsp3) is 0.941. The standard InChI is InChI=1S/C17H35NO5S/c1-2-3-4-5-6-7-8-9-10-11-12-13-16-22-24(20,21)23-17(19)14-15-18/h2-16,18H2,1H3. The van der Waals surface area contributed by atoms with Crippen molar-refractivity contribution in [1.82, 2.24) is 0 Å². The minimum absolute atomic E-state index is 0.0487. The Morgan fingerprint density at radius 2 is 1.29 bits per heavy atom. The second-order valence-corrected chi connectivity index (χ2v) is 7.33. The van der Waals surface area contributed by atoms with E-state index in [0.717, 1.165) is 12.8 Å². The molecule has 2 N–H and O–H groups in total. The minimum Gasteiger partial charge on any atom is -0.330 e. The van der Waals surface area contributed by atoms with Crippen molar-refractivity contribution in [1.29, 1.82) is 0 Å². The van der Waals surface area contributed by atoms with Crippen molar-refractivity contribution in [3.63, 3.8) is 0 Å². The highest BCUT2D eigenvalue weighted by Gasteiger charge is 2.17. The van der Waals surface area contributed by atoms with Crippen LogP contribution in [0, 0.1) is 0 Å². The van der Waals surface area contributed by atoms with Crippen LogP contribution >= 0.6 is 0 Å². The molecule has 0 aromatic rings. The van der Waals surface area contributed by atoms with Gasteiger partial charge >= 0.3 is 16.4 Å². The highest BCUT2D eigenvalue weighted by Crippen LogP contribution is 2.12. The first-order valence-electron chi connectivity index (χ1n) is 9.33. The minimum atomic E-state index is -4.22. The van der Waals surface area contributed by atoms with Crippen molar-refractivity contribution in [3.8, 4) is 0 Å². The first-order valence-corrected chi connectivity index (χ1v) is 10.7. The summed E-state index contributed by atoms with van der Waals surface area (Å²) in [5.41, 5.74) is 5.14. The predicted octanol–water partition coefficient (Wildman–Crippen LogP) is 3.84. The molecule has 6 nitrogen and oxygen atoms in total. The van der Waals surface area contributed by atoms with Crippen molar-refractivity contribution in [2.75, 3.05) is 13.2 Å². The predicted molar refractivity (Wildman–Crippen MR) is 95.7 cm³/mol. The number of carbonyl (C=O) groups excluding carboxylic acids is 1. The smallest absolute Gasteiger partial charge is 0.330 e. The van der Waals surface area contributed by atoms with Gasteiger partial charge in [0.2, 0.25) is 0 Å². The number of unbranched alkanes of at least 4 members (excludes halogenated alkanes) is 11. The Hall–Kier alpha value is -0.660. The van der Waals surface area contributed by atoms with Crippen LogP contribution in [0.5, 0.6) is 0 Å². The summed E-state index contributed by atoms with van der Waals surface area (Å²) in [5, 5.41) is 0. The third kappa shape index (κ3) is 16.2. The van der Waals surface area contributed by atoms with E-state index in [0.29, 0.717) is 6.42 Å². The van der Waals surface area contributed by atoms with Gasteiger partial charge in [-0.05, 0) is 6.42 Å². The Kier molecular flexibility index (Phi) is 15.4. The van der Waals surface area contributed by atoms with Crippen LogP contribution in [-0.2, 0) is 23.6 Å². The zero-order valence-corrected chi connectivity index (χ0v) is 15.9. The zero-order chi connectivity index (χ0) is 18.1. The van der Waals surface area contributed by atoms with Gasteiger partial charge in [0.1, 0.15) is 0 Å². The summed E-state index contributed by atoms with van der Waals surface area (Å²) in [7, 11) is -4.22. The summed E-state index contributed by atoms with van der Waals surface area (Å²) in [6.07, 6.45) is 14.2. The Bertz CT molecular complexity index is 398. The summed E-state index contributed by atoms with van der Waals surface area (Å²) in [4.78, 5) is 11.0. The summed E-state index contributed by atoms with van der Waals surface area (Å²) >= 11 is 0. The maximum atomic E-state index is 11.3. The number of carbonyl (C=O) groups is 1. The van der Waals surface area contributed by atoms with Crippen molar-refractivity contribution in [2.45, 2.75) is 90.4 Å². The Balaban J connectivity index is 3.37. The SMILES string of the molecule is CCCCCCCCCCCCCCOS(=O)(=O)OC(=O)CCN. The molecule has 0 saturated heterocycles. The Morgan fingerprint density at radius 1 is 0.833 bits per heavy atom. The van der Waals surface area contributed by atoms with E-state index in [-0.39, 0.29) is 19.6 Å². The molecular formula is C17H35NO5S. The van der Waals surface area contributed by atoms with Crippen LogP contribution in [-0.4, -0.2) is 27.5 Å². The number of rotatable bonds is 17. The van der Waals surface area contributed by atoms with Gasteiger partial charge < -0.3 is 9.92 Å². The summed E-state index contributed by atoms with van der Waals surface area (Å²) < 4.78 is 31.5. The van der Waals surface area contributed by atoms with Gasteiger partial charge in [-0.15, -0.1) is 0 Å². The van der Waals surface area contributed by atoms with Crippen LogP contribution in [0.25, 0.3) is 0 Å². The van der Waals surface area contributed by atoms with E-state index in [1.165, 1.54) is 57.8 Å². The summed E-state index contributed by atoms with van der Waals surface area (Å²) in [6.45, 7) is 2.33. The van der Waals surface area contributed by atoms with E-state index in [1.807, 2.05) is 0 Å². The molecule has 0 spiro atoms. The van der Waals surface area contributed by atoms with E-state index >= 15 is 0 Å². The van der Waals surface area contributed by atoms with Gasteiger partial charge in [-0.1, -0.05) is 77.6 Å². The molecule has 0 saturated carbocycles. The van der Waals surface area contributed by atoms with E-state index in [4.69, 9.17) is 5.73 Å². The summed E-state index contributed by atoms with van der Waals surface area (Å²) in [5.74, 6) is -0.882. The van der Waals surface area contributed by atoms with Crippen molar-refractivity contribution < 1.29 is 21.6 Å². The van der Waals surface area contributed by atoms with E-state index in [9.17, 15) is 13.2 Å². The molecule has 0 aromatic heterocycles. The highest BCUT2D eigenvalue weighted by atomic mass is 32.3. The second kappa shape index (κ2) is 15.8. The number of nitrogens with two attached hydrogens (primary N) is 1. The Morgan fingerprint density at radius 3 is 1.75 bits per heavy atom. The van der Waals surface area contributed by atoms with Gasteiger partial charge in [-0.2, -0.15) is 8.42 Å². The van der Waals surface area contributed by atoms with Crippen LogP contribution < -0.4 is 5.73 Å². The van der Waals surface area contributed by atoms with E-state index < -0.39 is 16.4 Å². The van der Waals surface area contributed by atoms with Crippen LogP contribution in [0.1, 0.15) is 90.4 Å². The lowest BCUT2D eigenvalue weighted by Gasteiger charge is -2.05. The molecule has 0 radical (unpaired) electrons. The highest BCUT2D eigenvalue weighted by molar-refractivity contribution is 7.82. The normalized spacial score (nSPS) is 11.6. The van der Waals surface area contributed by atoms with Gasteiger partial charge in [-0.3, -0.25) is 4.79 Å². The van der Waals surface area contributed by atoms with Gasteiger partial charge in [0.05, 0.1) is 13.0 Å². The molecule has 0 aliphatic rings. The van der Waals surface area contributed by atoms with E-state index in [1.54, 1.807) is 0 Å². The van der Waals surface area contributed by atoms with E-state index in [2.05, 4.69) is 15.3 Å². The van der Waals surface area contributed by atoms with Crippen molar-refractivity contribution in [3.05, 3.63) is 0 Å². The van der Waals surface area contributed by atoms with Gasteiger partial charge in [-0.25, -0.2) is 4.18 Å². The molecule has 0 unspecified atom stereocenters. The lowest BCUT2D eigenvalue weighted by Crippen LogP contribution is -2.18. The number of hydrogen-bond acceptors (Lipinski definition) is 6. The van der Waals surface area contributed by atoms with Crippen LogP contribution in [0.4, 0.5) is 0 Å². The molecule has 0 aliphatic heterocycles. The van der Waals surface area contributed by atoms with Gasteiger partial charge in [0, 0.05) is 6.54 Å². The van der Waals surface area contributed by atoms with Crippen LogP contribution in [0.2, 0.25) is 0 Å². The van der Waals surface area contributed by atoms with Gasteiger partial charge in [0.15, 0.2) is 0 Å². The first-order chi connectivity index (χ1) is 11.5. The molecule has 7 heteroatoms. The molecule has 0 bridgehead atoms. The fourth-order valence-corrected chi connectivity index (χ4v) is 3.08. The second-order valence-electron chi connectivity index (χ2n) is 6.11.